The van der Waals surface area contributed by atoms with Crippen LogP contribution < -0.4 is 11.1 Å². The van der Waals surface area contributed by atoms with Crippen LogP contribution in [0.5, 0.6) is 0 Å². The average molecular weight is 286 g/mol. The highest BCUT2D eigenvalue weighted by atomic mass is 16.1. The van der Waals surface area contributed by atoms with Gasteiger partial charge in [-0.2, -0.15) is 5.10 Å². The summed E-state index contributed by atoms with van der Waals surface area (Å²) in [7, 11) is 1.89. The molecule has 0 radical (unpaired) electrons. The van der Waals surface area contributed by atoms with E-state index in [2.05, 4.69) is 10.4 Å². The van der Waals surface area contributed by atoms with Crippen molar-refractivity contribution in [2.45, 2.75) is 26.3 Å². The van der Waals surface area contributed by atoms with E-state index in [9.17, 15) is 4.79 Å². The van der Waals surface area contributed by atoms with Crippen LogP contribution in [-0.2, 0) is 13.5 Å². The third-order valence-corrected chi connectivity index (χ3v) is 3.76. The molecule has 0 spiro atoms. The molecule has 0 aliphatic heterocycles. The number of aryl methyl sites for hydroxylation is 1. The Balaban J connectivity index is 2.16. The van der Waals surface area contributed by atoms with Crippen molar-refractivity contribution >= 4 is 5.91 Å². The summed E-state index contributed by atoms with van der Waals surface area (Å²) < 4.78 is 1.81. The SMILES string of the molecule is Cc1c(C(C)NC(=O)c2ccccc2CCN)cnn1C. The number of nitrogens with two attached hydrogens (primary N) is 1. The second kappa shape index (κ2) is 6.54. The van der Waals surface area contributed by atoms with E-state index in [1.54, 1.807) is 10.9 Å². The largest absolute Gasteiger partial charge is 0.345 e. The molecule has 0 aliphatic carbocycles. The molecule has 1 amide bonds. The Kier molecular flexibility index (Phi) is 4.75. The monoisotopic (exact) mass is 286 g/mol. The van der Waals surface area contributed by atoms with Crippen LogP contribution in [0.1, 0.15) is 40.1 Å². The molecule has 0 fully saturated rings. The normalized spacial score (nSPS) is 12.2. The minimum atomic E-state index is -0.0860. The molecule has 1 atom stereocenters. The van der Waals surface area contributed by atoms with Gasteiger partial charge in [-0.15, -0.1) is 0 Å². The minimum absolute atomic E-state index is 0.0743. The number of rotatable bonds is 5. The lowest BCUT2D eigenvalue weighted by molar-refractivity contribution is 0.0939. The molecule has 5 heteroatoms. The van der Waals surface area contributed by atoms with Crippen molar-refractivity contribution < 1.29 is 4.79 Å². The van der Waals surface area contributed by atoms with Crippen molar-refractivity contribution in [1.82, 2.24) is 15.1 Å². The smallest absolute Gasteiger partial charge is 0.252 e. The van der Waals surface area contributed by atoms with Crippen molar-refractivity contribution in [2.24, 2.45) is 12.8 Å². The van der Waals surface area contributed by atoms with Crippen LogP contribution in [0.4, 0.5) is 0 Å². The Morgan fingerprint density at radius 3 is 2.76 bits per heavy atom. The summed E-state index contributed by atoms with van der Waals surface area (Å²) in [6, 6.07) is 7.49. The summed E-state index contributed by atoms with van der Waals surface area (Å²) in [5.74, 6) is -0.0743. The lowest BCUT2D eigenvalue weighted by Crippen LogP contribution is -2.28. The fraction of sp³-hybridized carbons (Fsp3) is 0.375. The highest BCUT2D eigenvalue weighted by molar-refractivity contribution is 5.95. The second-order valence-electron chi connectivity index (χ2n) is 5.20. The molecule has 1 unspecified atom stereocenters. The van der Waals surface area contributed by atoms with E-state index >= 15 is 0 Å². The van der Waals surface area contributed by atoms with E-state index in [0.717, 1.165) is 16.8 Å². The van der Waals surface area contributed by atoms with Crippen LogP contribution in [-0.4, -0.2) is 22.2 Å². The van der Waals surface area contributed by atoms with Gasteiger partial charge in [-0.05, 0) is 38.4 Å². The number of carbonyl (C=O) groups excluding carboxylic acids is 1. The van der Waals surface area contributed by atoms with Crippen molar-refractivity contribution in [3.63, 3.8) is 0 Å². The van der Waals surface area contributed by atoms with Gasteiger partial charge in [-0.1, -0.05) is 18.2 Å². The predicted molar refractivity (Wildman–Crippen MR) is 83.0 cm³/mol. The lowest BCUT2D eigenvalue weighted by atomic mass is 10.0. The van der Waals surface area contributed by atoms with Gasteiger partial charge in [0.15, 0.2) is 0 Å². The summed E-state index contributed by atoms with van der Waals surface area (Å²) in [4.78, 5) is 12.5. The molecule has 1 aromatic carbocycles. The van der Waals surface area contributed by atoms with Gasteiger partial charge in [-0.3, -0.25) is 9.48 Å². The third kappa shape index (κ3) is 3.31. The van der Waals surface area contributed by atoms with Gasteiger partial charge in [0.2, 0.25) is 0 Å². The van der Waals surface area contributed by atoms with Crippen LogP contribution in [0.15, 0.2) is 30.5 Å². The molecule has 112 valence electrons. The molecule has 21 heavy (non-hydrogen) atoms. The number of amides is 1. The van der Waals surface area contributed by atoms with Gasteiger partial charge >= 0.3 is 0 Å². The summed E-state index contributed by atoms with van der Waals surface area (Å²) in [6.07, 6.45) is 2.50. The lowest BCUT2D eigenvalue weighted by Gasteiger charge is -2.15. The molecule has 1 heterocycles. The van der Waals surface area contributed by atoms with Crippen molar-refractivity contribution in [3.05, 3.63) is 52.8 Å². The first kappa shape index (κ1) is 15.3. The number of aromatic nitrogens is 2. The van der Waals surface area contributed by atoms with Crippen molar-refractivity contribution in [1.29, 1.82) is 0 Å². The standard InChI is InChI=1S/C16H22N4O/c1-11(15-10-18-20(3)12(15)2)19-16(21)14-7-5-4-6-13(14)8-9-17/h4-7,10-11H,8-9,17H2,1-3H3,(H,19,21). The molecule has 2 rings (SSSR count). The summed E-state index contributed by atoms with van der Waals surface area (Å²) in [6.45, 7) is 4.49. The molecule has 2 aromatic rings. The van der Waals surface area contributed by atoms with E-state index < -0.39 is 0 Å². The Hall–Kier alpha value is -2.14. The van der Waals surface area contributed by atoms with Crippen LogP contribution in [0.3, 0.4) is 0 Å². The van der Waals surface area contributed by atoms with Gasteiger partial charge in [0, 0.05) is 23.9 Å². The zero-order valence-electron chi connectivity index (χ0n) is 12.8. The van der Waals surface area contributed by atoms with E-state index in [1.165, 1.54) is 0 Å². The number of benzene rings is 1. The number of nitrogens with zero attached hydrogens (tertiary/aromatic N) is 2. The Labute approximate surface area is 125 Å². The average Bonchev–Trinajstić information content (AvgIpc) is 2.80. The van der Waals surface area contributed by atoms with Gasteiger partial charge in [0.25, 0.3) is 5.91 Å². The topological polar surface area (TPSA) is 72.9 Å². The quantitative estimate of drug-likeness (QED) is 0.879. The molecule has 5 nitrogen and oxygen atoms in total. The predicted octanol–water partition coefficient (Wildman–Crippen LogP) is 1.72. The van der Waals surface area contributed by atoms with Crippen LogP contribution in [0.2, 0.25) is 0 Å². The summed E-state index contributed by atoms with van der Waals surface area (Å²) in [5.41, 5.74) is 9.36. The molecule has 0 aliphatic rings. The van der Waals surface area contributed by atoms with Crippen LogP contribution in [0.25, 0.3) is 0 Å². The zero-order valence-corrected chi connectivity index (χ0v) is 12.8. The molecule has 0 saturated heterocycles. The highest BCUT2D eigenvalue weighted by Crippen LogP contribution is 2.17. The second-order valence-corrected chi connectivity index (χ2v) is 5.20. The Bertz CT molecular complexity index is 633. The number of hydrogen-bond donors (Lipinski definition) is 2. The summed E-state index contributed by atoms with van der Waals surface area (Å²) in [5, 5.41) is 7.25. The maximum atomic E-state index is 12.5. The van der Waals surface area contributed by atoms with E-state index in [-0.39, 0.29) is 11.9 Å². The number of carbonyl (C=O) groups is 1. The number of nitrogens with one attached hydrogen (secondary N) is 1. The molecular formula is C16H22N4O. The van der Waals surface area contributed by atoms with Gasteiger partial charge in [-0.25, -0.2) is 0 Å². The van der Waals surface area contributed by atoms with Gasteiger partial charge in [0.05, 0.1) is 12.2 Å². The maximum absolute atomic E-state index is 12.5. The first-order valence-electron chi connectivity index (χ1n) is 7.12. The van der Waals surface area contributed by atoms with Crippen molar-refractivity contribution in [3.8, 4) is 0 Å². The first-order chi connectivity index (χ1) is 10.0. The van der Waals surface area contributed by atoms with Crippen molar-refractivity contribution in [2.75, 3.05) is 6.54 Å². The van der Waals surface area contributed by atoms with Crippen LogP contribution >= 0.6 is 0 Å². The van der Waals surface area contributed by atoms with Gasteiger partial charge in [0.1, 0.15) is 0 Å². The molecule has 1 aromatic heterocycles. The fourth-order valence-corrected chi connectivity index (χ4v) is 2.41. The molecule has 3 N–H and O–H groups in total. The third-order valence-electron chi connectivity index (χ3n) is 3.76. The highest BCUT2D eigenvalue weighted by Gasteiger charge is 2.17. The zero-order chi connectivity index (χ0) is 15.4. The molecule has 0 bridgehead atoms. The molecule has 0 saturated carbocycles. The van der Waals surface area contributed by atoms with Crippen LogP contribution in [0, 0.1) is 6.92 Å². The summed E-state index contributed by atoms with van der Waals surface area (Å²) >= 11 is 0. The number of hydrogen-bond acceptors (Lipinski definition) is 3. The van der Waals surface area contributed by atoms with E-state index in [4.69, 9.17) is 5.73 Å². The van der Waals surface area contributed by atoms with Gasteiger partial charge < -0.3 is 11.1 Å². The minimum Gasteiger partial charge on any atom is -0.345 e. The van der Waals surface area contributed by atoms with E-state index in [0.29, 0.717) is 18.5 Å². The first-order valence-corrected chi connectivity index (χ1v) is 7.12. The Morgan fingerprint density at radius 1 is 1.43 bits per heavy atom. The molecular weight excluding hydrogens is 264 g/mol. The Morgan fingerprint density at radius 2 is 2.14 bits per heavy atom. The van der Waals surface area contributed by atoms with E-state index in [1.807, 2.05) is 45.2 Å². The fourth-order valence-electron chi connectivity index (χ4n) is 2.41. The maximum Gasteiger partial charge on any atom is 0.252 e.